The molecule has 0 atom stereocenters. The van der Waals surface area contributed by atoms with Gasteiger partial charge in [-0.3, -0.25) is 0 Å². The van der Waals surface area contributed by atoms with Crippen LogP contribution >= 0.6 is 0 Å². The SMILES string of the molecule is CC1(C)c2cc(-c3ccc4ccc5cc(C6C7CC8CC(C7)CC6C8)cc6ccc3c4c56)ccc2-c2ccc(-c3ccc4ccc5cc(C67CC8CC(CC(C8)C6)C7)cc6ccc3c4c56)cc21. The quantitative estimate of drug-likeness (QED) is 0.155. The smallest absolute Gasteiger partial charge is 0.0159 e. The second kappa shape index (κ2) is 12.7. The van der Waals surface area contributed by atoms with Crippen molar-refractivity contribution in [1.29, 1.82) is 0 Å². The summed E-state index contributed by atoms with van der Waals surface area (Å²) in [5, 5.41) is 17.0. The van der Waals surface area contributed by atoms with Gasteiger partial charge in [-0.2, -0.15) is 0 Å². The molecule has 0 aromatic heterocycles. The molecule has 0 radical (unpaired) electrons. The lowest BCUT2D eigenvalue weighted by molar-refractivity contribution is -0.00508. The van der Waals surface area contributed by atoms with Crippen molar-refractivity contribution in [1.82, 2.24) is 0 Å². The highest BCUT2D eigenvalue weighted by Crippen LogP contribution is 2.63. The third-order valence-electron chi connectivity index (χ3n) is 20.8. The molecule has 0 nitrogen and oxygen atoms in total. The topological polar surface area (TPSA) is 0 Å². The van der Waals surface area contributed by atoms with E-state index in [0.29, 0.717) is 5.41 Å². The monoisotopic (exact) mass is 862 g/mol. The molecular formula is C67H58. The summed E-state index contributed by atoms with van der Waals surface area (Å²) >= 11 is 0. The van der Waals surface area contributed by atoms with Gasteiger partial charge in [-0.1, -0.05) is 135 Å². The molecule has 8 bridgehead atoms. The van der Waals surface area contributed by atoms with Gasteiger partial charge in [-0.25, -0.2) is 0 Å². The van der Waals surface area contributed by atoms with Gasteiger partial charge in [0.25, 0.3) is 0 Å². The standard InChI is InChI=1S/C67H58/c1-66(2)59-31-43(53-13-7-41-3-5-45-27-51(28-46-11-17-57(53)64(41)62(45)46)61-49-23-36-19-37(25-49)26-50(61)24-36)9-15-55(59)56-16-10-44(32-60(56)66)54-14-8-42-4-6-47-29-52(30-48-12-18-58(54)65(42)63(47)48)67-33-38-20-39(34-67)22-40(21-38)35-67/h3-18,27-32,36-40,49-50,61H,19-26,33-35H2,1-2H3. The normalized spacial score (nSPS) is 29.8. The molecule has 9 aliphatic rings. The third kappa shape index (κ3) is 4.95. The van der Waals surface area contributed by atoms with E-state index in [1.54, 1.807) is 11.1 Å². The van der Waals surface area contributed by atoms with Crippen LogP contribution in [0.25, 0.3) is 98.0 Å². The van der Waals surface area contributed by atoms with Gasteiger partial charge in [-0.15, -0.1) is 0 Å². The Labute approximate surface area is 394 Å². The predicted molar refractivity (Wildman–Crippen MR) is 282 cm³/mol. The predicted octanol–water partition coefficient (Wildman–Crippen LogP) is 18.1. The zero-order chi connectivity index (χ0) is 43.7. The fourth-order valence-electron chi connectivity index (χ4n) is 18.7. The molecule has 0 saturated heterocycles. The van der Waals surface area contributed by atoms with Gasteiger partial charge < -0.3 is 0 Å². The largest absolute Gasteiger partial charge is 0.0537 e. The Morgan fingerprint density at radius 2 is 0.761 bits per heavy atom. The fourth-order valence-corrected chi connectivity index (χ4v) is 18.7. The molecule has 0 unspecified atom stereocenters. The Hall–Kier alpha value is -5.72. The van der Waals surface area contributed by atoms with Crippen LogP contribution in [0.3, 0.4) is 0 Å². The molecule has 0 N–H and O–H groups in total. The summed E-state index contributed by atoms with van der Waals surface area (Å²) < 4.78 is 0. The van der Waals surface area contributed by atoms with Gasteiger partial charge in [-0.05, 0) is 256 Å². The fraction of sp³-hybridized carbons (Fsp3) is 0.343. The number of hydrogen-bond acceptors (Lipinski definition) is 0. The van der Waals surface area contributed by atoms with Crippen LogP contribution in [-0.2, 0) is 10.8 Å². The van der Waals surface area contributed by atoms with Gasteiger partial charge in [0.15, 0.2) is 0 Å². The first-order chi connectivity index (χ1) is 32.8. The van der Waals surface area contributed by atoms with Crippen LogP contribution in [0.15, 0.2) is 133 Å². The Morgan fingerprint density at radius 1 is 0.358 bits per heavy atom. The van der Waals surface area contributed by atoms with Gasteiger partial charge in [0, 0.05) is 5.41 Å². The lowest BCUT2D eigenvalue weighted by Gasteiger charge is -2.57. The van der Waals surface area contributed by atoms with Gasteiger partial charge in [0.1, 0.15) is 0 Å². The van der Waals surface area contributed by atoms with E-state index >= 15 is 0 Å². The molecule has 0 spiro atoms. The summed E-state index contributed by atoms with van der Waals surface area (Å²) in [5.41, 5.74) is 14.5. The number of hydrogen-bond donors (Lipinski definition) is 0. The molecule has 8 fully saturated rings. The zero-order valence-corrected chi connectivity index (χ0v) is 39.1. The minimum atomic E-state index is -0.133. The highest BCUT2D eigenvalue weighted by atomic mass is 14.6. The first kappa shape index (κ1) is 37.3. The van der Waals surface area contributed by atoms with E-state index in [9.17, 15) is 0 Å². The molecule has 0 heteroatoms. The van der Waals surface area contributed by atoms with Crippen LogP contribution in [0.5, 0.6) is 0 Å². The molecule has 0 heterocycles. The van der Waals surface area contributed by atoms with E-state index < -0.39 is 0 Å². The van der Waals surface area contributed by atoms with E-state index in [4.69, 9.17) is 0 Å². The number of benzene rings is 10. The van der Waals surface area contributed by atoms with Crippen LogP contribution in [0, 0.1) is 41.4 Å². The highest BCUT2D eigenvalue weighted by Gasteiger charge is 2.52. The molecule has 10 aromatic rings. The van der Waals surface area contributed by atoms with Crippen molar-refractivity contribution in [2.75, 3.05) is 0 Å². The van der Waals surface area contributed by atoms with Crippen LogP contribution in [0.1, 0.15) is 113 Å². The Morgan fingerprint density at radius 3 is 1.25 bits per heavy atom. The minimum Gasteiger partial charge on any atom is -0.0537 e. The van der Waals surface area contributed by atoms with Crippen molar-refractivity contribution in [3.63, 3.8) is 0 Å². The maximum absolute atomic E-state index is 2.63. The van der Waals surface area contributed by atoms with E-state index in [1.807, 2.05) is 0 Å². The molecule has 0 aliphatic heterocycles. The van der Waals surface area contributed by atoms with Crippen LogP contribution < -0.4 is 0 Å². The van der Waals surface area contributed by atoms with Gasteiger partial charge >= 0.3 is 0 Å². The summed E-state index contributed by atoms with van der Waals surface area (Å²) in [7, 11) is 0. The maximum Gasteiger partial charge on any atom is 0.0159 e. The van der Waals surface area contributed by atoms with Crippen molar-refractivity contribution in [2.45, 2.75) is 101 Å². The Kier molecular flexibility index (Phi) is 7.05. The lowest BCUT2D eigenvalue weighted by Crippen LogP contribution is -2.48. The summed E-state index contributed by atoms with van der Waals surface area (Å²) in [6.45, 7) is 4.92. The van der Waals surface area contributed by atoms with Crippen LogP contribution in [0.4, 0.5) is 0 Å². The minimum absolute atomic E-state index is 0.133. The second-order valence-electron chi connectivity index (χ2n) is 24.7. The van der Waals surface area contributed by atoms with Gasteiger partial charge in [0.2, 0.25) is 0 Å². The summed E-state index contributed by atoms with van der Waals surface area (Å²) in [5.74, 6) is 7.43. The van der Waals surface area contributed by atoms with E-state index in [-0.39, 0.29) is 5.41 Å². The lowest BCUT2D eigenvalue weighted by atomic mass is 9.48. The molecule has 326 valence electrons. The van der Waals surface area contributed by atoms with E-state index in [2.05, 4.69) is 147 Å². The summed E-state index contributed by atoms with van der Waals surface area (Å²) in [6, 6.07) is 54.3. The average molecular weight is 863 g/mol. The Bertz CT molecular complexity index is 3680. The maximum atomic E-state index is 2.63. The van der Waals surface area contributed by atoms with Crippen molar-refractivity contribution >= 4 is 64.6 Å². The zero-order valence-electron chi connectivity index (χ0n) is 39.1. The first-order valence-electron chi connectivity index (χ1n) is 26.5. The molecule has 10 aromatic carbocycles. The highest BCUT2D eigenvalue weighted by molar-refractivity contribution is 6.27. The van der Waals surface area contributed by atoms with E-state index in [0.717, 1.165) is 47.3 Å². The van der Waals surface area contributed by atoms with Crippen molar-refractivity contribution < 1.29 is 0 Å². The van der Waals surface area contributed by atoms with Crippen molar-refractivity contribution in [3.8, 4) is 33.4 Å². The second-order valence-corrected chi connectivity index (χ2v) is 24.7. The van der Waals surface area contributed by atoms with Crippen molar-refractivity contribution in [2.24, 2.45) is 41.4 Å². The molecule has 67 heavy (non-hydrogen) atoms. The van der Waals surface area contributed by atoms with Crippen molar-refractivity contribution in [3.05, 3.63) is 156 Å². The number of rotatable bonds is 4. The number of fused-ring (bicyclic) bond motifs is 3. The molecular weight excluding hydrogens is 805 g/mol. The van der Waals surface area contributed by atoms with Crippen LogP contribution in [-0.4, -0.2) is 0 Å². The van der Waals surface area contributed by atoms with Gasteiger partial charge in [0.05, 0.1) is 0 Å². The third-order valence-corrected chi connectivity index (χ3v) is 20.8. The molecule has 9 aliphatic carbocycles. The van der Waals surface area contributed by atoms with E-state index in [1.165, 1.54) is 180 Å². The average Bonchev–Trinajstić information content (AvgIpc) is 3.55. The summed E-state index contributed by atoms with van der Waals surface area (Å²) in [4.78, 5) is 0. The molecule has 8 saturated carbocycles. The molecule has 19 rings (SSSR count). The molecule has 0 amide bonds. The first-order valence-corrected chi connectivity index (χ1v) is 26.5. The Balaban J connectivity index is 0.739. The summed E-state index contributed by atoms with van der Waals surface area (Å²) in [6.07, 6.45) is 16.1. The van der Waals surface area contributed by atoms with Crippen LogP contribution in [0.2, 0.25) is 0 Å².